The van der Waals surface area contributed by atoms with Crippen LogP contribution in [0.25, 0.3) is 0 Å². The number of carbonyl (C=O) groups is 1. The zero-order valence-corrected chi connectivity index (χ0v) is 13.3. The molecule has 6 nitrogen and oxygen atoms in total. The van der Waals surface area contributed by atoms with Gasteiger partial charge in [-0.2, -0.15) is 4.98 Å². The molecule has 1 N–H and O–H groups in total. The van der Waals surface area contributed by atoms with Crippen molar-refractivity contribution < 1.29 is 9.32 Å². The van der Waals surface area contributed by atoms with Crippen LogP contribution in [-0.2, 0) is 23.1 Å². The number of nitrogens with one attached hydrogen (secondary N) is 1. The van der Waals surface area contributed by atoms with E-state index in [9.17, 15) is 4.79 Å². The Hall–Kier alpha value is -2.24. The fourth-order valence-corrected chi connectivity index (χ4v) is 1.85. The minimum Gasteiger partial charge on any atom is -0.356 e. The summed E-state index contributed by atoms with van der Waals surface area (Å²) < 4.78 is 5.16. The zero-order chi connectivity index (χ0) is 16.0. The predicted molar refractivity (Wildman–Crippen MR) is 82.3 cm³/mol. The average molecular weight is 302 g/mol. The molecule has 2 aromatic rings. The van der Waals surface area contributed by atoms with Gasteiger partial charge in [-0.05, 0) is 12.1 Å². The van der Waals surface area contributed by atoms with Crippen molar-refractivity contribution in [2.45, 2.75) is 45.4 Å². The van der Waals surface area contributed by atoms with Crippen molar-refractivity contribution in [1.82, 2.24) is 20.4 Å². The van der Waals surface area contributed by atoms with Gasteiger partial charge in [-0.1, -0.05) is 32.0 Å². The summed E-state index contributed by atoms with van der Waals surface area (Å²) in [7, 11) is 0. The van der Waals surface area contributed by atoms with Gasteiger partial charge in [0.15, 0.2) is 5.82 Å². The molecule has 0 unspecified atom stereocenters. The molecule has 0 fully saturated rings. The minimum absolute atomic E-state index is 0.0218. The van der Waals surface area contributed by atoms with Crippen LogP contribution in [0.1, 0.15) is 44.6 Å². The maximum absolute atomic E-state index is 11.8. The highest BCUT2D eigenvalue weighted by atomic mass is 16.5. The predicted octanol–water partition coefficient (Wildman–Crippen LogP) is 2.05. The van der Waals surface area contributed by atoms with E-state index in [-0.39, 0.29) is 11.3 Å². The standard InChI is InChI=1S/C16H22N4O2/c1-16(2,3)15-19-14(22-20-15)8-7-13(21)18-11-9-12-6-4-5-10-17-12/h4-6,10H,7-9,11H2,1-3H3,(H,18,21). The first-order valence-corrected chi connectivity index (χ1v) is 7.45. The van der Waals surface area contributed by atoms with E-state index in [1.807, 2.05) is 39.0 Å². The summed E-state index contributed by atoms with van der Waals surface area (Å²) in [4.78, 5) is 20.3. The molecule has 0 aliphatic heterocycles. The van der Waals surface area contributed by atoms with E-state index in [1.54, 1.807) is 6.20 Å². The van der Waals surface area contributed by atoms with Gasteiger partial charge >= 0.3 is 0 Å². The van der Waals surface area contributed by atoms with Crippen LogP contribution >= 0.6 is 0 Å². The molecule has 0 aromatic carbocycles. The molecule has 6 heteroatoms. The molecule has 2 heterocycles. The van der Waals surface area contributed by atoms with Crippen molar-refractivity contribution in [2.24, 2.45) is 0 Å². The molecule has 0 saturated carbocycles. The number of nitrogens with zero attached hydrogens (tertiary/aromatic N) is 3. The van der Waals surface area contributed by atoms with Gasteiger partial charge in [-0.25, -0.2) is 0 Å². The number of hydrogen-bond acceptors (Lipinski definition) is 5. The van der Waals surface area contributed by atoms with Crippen molar-refractivity contribution in [1.29, 1.82) is 0 Å². The fourth-order valence-electron chi connectivity index (χ4n) is 1.85. The van der Waals surface area contributed by atoms with Gasteiger partial charge in [0.25, 0.3) is 0 Å². The maximum Gasteiger partial charge on any atom is 0.227 e. The van der Waals surface area contributed by atoms with E-state index in [4.69, 9.17) is 4.52 Å². The van der Waals surface area contributed by atoms with Crippen molar-refractivity contribution in [3.8, 4) is 0 Å². The lowest BCUT2D eigenvalue weighted by atomic mass is 9.96. The first kappa shape index (κ1) is 16.1. The third kappa shape index (κ3) is 4.95. The van der Waals surface area contributed by atoms with Gasteiger partial charge in [0.2, 0.25) is 11.8 Å². The largest absolute Gasteiger partial charge is 0.356 e. The number of amides is 1. The van der Waals surface area contributed by atoms with Gasteiger partial charge in [0.05, 0.1) is 0 Å². The number of pyridine rings is 1. The quantitative estimate of drug-likeness (QED) is 0.883. The van der Waals surface area contributed by atoms with Crippen molar-refractivity contribution in [3.05, 3.63) is 41.8 Å². The number of aromatic nitrogens is 3. The Labute approximate surface area is 130 Å². The van der Waals surface area contributed by atoms with E-state index in [2.05, 4.69) is 20.4 Å². The molecule has 2 rings (SSSR count). The Bertz CT molecular complexity index is 602. The summed E-state index contributed by atoms with van der Waals surface area (Å²) in [5, 5.41) is 6.81. The summed E-state index contributed by atoms with van der Waals surface area (Å²) in [6, 6.07) is 5.75. The Morgan fingerprint density at radius 3 is 2.73 bits per heavy atom. The first-order chi connectivity index (χ1) is 10.4. The Kier molecular flexibility index (Phi) is 5.25. The van der Waals surface area contributed by atoms with Crippen LogP contribution in [0, 0.1) is 0 Å². The molecule has 0 aliphatic carbocycles. The topological polar surface area (TPSA) is 80.9 Å². The molecule has 0 atom stereocenters. The molecule has 0 saturated heterocycles. The molecule has 2 aromatic heterocycles. The van der Waals surface area contributed by atoms with Gasteiger partial charge in [0.1, 0.15) is 0 Å². The second-order valence-electron chi connectivity index (χ2n) is 6.18. The molecule has 22 heavy (non-hydrogen) atoms. The second-order valence-corrected chi connectivity index (χ2v) is 6.18. The molecule has 0 spiro atoms. The fraction of sp³-hybridized carbons (Fsp3) is 0.500. The SMILES string of the molecule is CC(C)(C)c1noc(CCC(=O)NCCc2ccccn2)n1. The van der Waals surface area contributed by atoms with Crippen LogP contribution in [0.15, 0.2) is 28.9 Å². The van der Waals surface area contributed by atoms with Crippen LogP contribution in [0.2, 0.25) is 0 Å². The highest BCUT2D eigenvalue weighted by molar-refractivity contribution is 5.75. The van der Waals surface area contributed by atoms with E-state index in [0.717, 1.165) is 12.1 Å². The molecule has 1 amide bonds. The van der Waals surface area contributed by atoms with Crippen LogP contribution in [0.4, 0.5) is 0 Å². The van der Waals surface area contributed by atoms with E-state index in [1.165, 1.54) is 0 Å². The summed E-state index contributed by atoms with van der Waals surface area (Å²) in [5.41, 5.74) is 0.821. The van der Waals surface area contributed by atoms with Crippen LogP contribution < -0.4 is 5.32 Å². The maximum atomic E-state index is 11.8. The number of aryl methyl sites for hydroxylation is 1. The highest BCUT2D eigenvalue weighted by Crippen LogP contribution is 2.18. The third-order valence-corrected chi connectivity index (χ3v) is 3.13. The lowest BCUT2D eigenvalue weighted by molar-refractivity contribution is -0.121. The van der Waals surface area contributed by atoms with E-state index >= 15 is 0 Å². The minimum atomic E-state index is -0.146. The molecule has 0 radical (unpaired) electrons. The summed E-state index contributed by atoms with van der Waals surface area (Å²) in [6.45, 7) is 6.64. The van der Waals surface area contributed by atoms with Crippen LogP contribution in [0.5, 0.6) is 0 Å². The number of rotatable bonds is 6. The summed E-state index contributed by atoms with van der Waals surface area (Å²) in [6.07, 6.45) is 3.27. The molecule has 0 aliphatic rings. The van der Waals surface area contributed by atoms with Crippen molar-refractivity contribution >= 4 is 5.91 Å². The number of carbonyl (C=O) groups excluding carboxylic acids is 1. The first-order valence-electron chi connectivity index (χ1n) is 7.45. The summed E-state index contributed by atoms with van der Waals surface area (Å²) >= 11 is 0. The molecular weight excluding hydrogens is 280 g/mol. The lowest BCUT2D eigenvalue weighted by Crippen LogP contribution is -2.26. The van der Waals surface area contributed by atoms with Gasteiger partial charge in [-0.15, -0.1) is 0 Å². The summed E-state index contributed by atoms with van der Waals surface area (Å²) in [5.74, 6) is 1.15. The number of hydrogen-bond donors (Lipinski definition) is 1. The van der Waals surface area contributed by atoms with Crippen LogP contribution in [-0.4, -0.2) is 27.6 Å². The monoisotopic (exact) mass is 302 g/mol. The van der Waals surface area contributed by atoms with Crippen molar-refractivity contribution in [2.75, 3.05) is 6.54 Å². The van der Waals surface area contributed by atoms with Gasteiger partial charge in [-0.3, -0.25) is 9.78 Å². The second kappa shape index (κ2) is 7.15. The highest BCUT2D eigenvalue weighted by Gasteiger charge is 2.21. The Morgan fingerprint density at radius 2 is 2.09 bits per heavy atom. The van der Waals surface area contributed by atoms with E-state index < -0.39 is 0 Å². The normalized spacial score (nSPS) is 11.4. The average Bonchev–Trinajstić information content (AvgIpc) is 2.95. The van der Waals surface area contributed by atoms with Gasteiger partial charge in [0, 0.05) is 43.1 Å². The van der Waals surface area contributed by atoms with E-state index in [0.29, 0.717) is 31.1 Å². The van der Waals surface area contributed by atoms with Crippen LogP contribution in [0.3, 0.4) is 0 Å². The third-order valence-electron chi connectivity index (χ3n) is 3.13. The van der Waals surface area contributed by atoms with Gasteiger partial charge < -0.3 is 9.84 Å². The van der Waals surface area contributed by atoms with Crippen molar-refractivity contribution in [3.63, 3.8) is 0 Å². The Morgan fingerprint density at radius 1 is 1.27 bits per heavy atom. The lowest BCUT2D eigenvalue weighted by Gasteiger charge is -2.10. The molecule has 118 valence electrons. The smallest absolute Gasteiger partial charge is 0.227 e. The molecule has 0 bridgehead atoms. The molecular formula is C16H22N4O2. The zero-order valence-electron chi connectivity index (χ0n) is 13.3. The Balaban J connectivity index is 1.70.